The number of aromatic nitrogens is 2. The van der Waals surface area contributed by atoms with E-state index in [9.17, 15) is 17.6 Å². The first kappa shape index (κ1) is 30.1. The van der Waals surface area contributed by atoms with Crippen LogP contribution in [0, 0.1) is 5.82 Å². The number of piperidine rings is 1. The van der Waals surface area contributed by atoms with Crippen molar-refractivity contribution in [3.8, 4) is 21.1 Å². The van der Waals surface area contributed by atoms with Crippen molar-refractivity contribution in [3.05, 3.63) is 66.0 Å². The van der Waals surface area contributed by atoms with Crippen LogP contribution in [0.25, 0.3) is 32.2 Å². The average Bonchev–Trinajstić information content (AvgIpc) is 3.62. The molecule has 2 saturated heterocycles. The number of nitrogens with one attached hydrogen (secondary N) is 1. The van der Waals surface area contributed by atoms with Crippen LogP contribution in [0.4, 0.5) is 17.6 Å². The van der Waals surface area contributed by atoms with Gasteiger partial charge in [0.2, 0.25) is 0 Å². The zero-order valence-electron chi connectivity index (χ0n) is 23.2. The third-order valence-electron chi connectivity index (χ3n) is 7.78. The summed E-state index contributed by atoms with van der Waals surface area (Å²) >= 11 is 1.71. The van der Waals surface area contributed by atoms with E-state index < -0.39 is 12.1 Å². The number of aliphatic carboxylic acids is 1. The normalized spacial score (nSPS) is 17.7. The maximum Gasteiger partial charge on any atom is 0.490 e. The molecule has 7 nitrogen and oxygen atoms in total. The second-order valence-electron chi connectivity index (χ2n) is 10.8. The van der Waals surface area contributed by atoms with Gasteiger partial charge in [0.05, 0.1) is 15.9 Å². The van der Waals surface area contributed by atoms with Gasteiger partial charge in [0.25, 0.3) is 0 Å². The topological polar surface area (TPSA) is 75.7 Å². The van der Waals surface area contributed by atoms with E-state index in [0.717, 1.165) is 47.4 Å². The molecular formula is C30H33F4N5O2S. The smallest absolute Gasteiger partial charge is 0.475 e. The van der Waals surface area contributed by atoms with Crippen molar-refractivity contribution in [1.82, 2.24) is 24.7 Å². The van der Waals surface area contributed by atoms with E-state index in [2.05, 4.69) is 68.1 Å². The number of carboxylic acids is 1. The average molecular weight is 604 g/mol. The summed E-state index contributed by atoms with van der Waals surface area (Å²) in [6, 6.07) is 18.7. The standard InChI is InChI=1S/C28H32FN5S.C2HF3O2/c1-32-12-10-23(11-13-32)34-16-14-33(15-17-34)19-20-2-4-21(5-3-20)26-8-9-27(35-26)28-30-24-7-6-22(29)18-25(24)31-28;3-2(4,5)1(6)7/h2-9,18,23H,10-17,19H2,1H3,(H,30,31);(H,6,7). The lowest BCUT2D eigenvalue weighted by molar-refractivity contribution is -0.192. The predicted octanol–water partition coefficient (Wildman–Crippen LogP) is 5.94. The Hall–Kier alpha value is -3.32. The molecule has 6 rings (SSSR count). The number of carbonyl (C=O) groups is 1. The molecule has 2 N–H and O–H groups in total. The first-order chi connectivity index (χ1) is 20.0. The highest BCUT2D eigenvalue weighted by atomic mass is 32.1. The van der Waals surface area contributed by atoms with Crippen LogP contribution in [0.1, 0.15) is 18.4 Å². The van der Waals surface area contributed by atoms with Gasteiger partial charge in [-0.25, -0.2) is 14.2 Å². The molecule has 224 valence electrons. The van der Waals surface area contributed by atoms with Gasteiger partial charge in [0, 0.05) is 43.6 Å². The van der Waals surface area contributed by atoms with E-state index in [4.69, 9.17) is 9.90 Å². The number of alkyl halides is 3. The maximum atomic E-state index is 13.5. The molecule has 2 fully saturated rings. The number of hydrogen-bond donors (Lipinski definition) is 2. The van der Waals surface area contributed by atoms with Gasteiger partial charge in [-0.2, -0.15) is 13.2 Å². The van der Waals surface area contributed by atoms with Crippen molar-refractivity contribution in [2.45, 2.75) is 31.6 Å². The summed E-state index contributed by atoms with van der Waals surface area (Å²) in [4.78, 5) is 26.8. The van der Waals surface area contributed by atoms with Crippen LogP contribution in [0.2, 0.25) is 0 Å². The quantitative estimate of drug-likeness (QED) is 0.275. The Morgan fingerprint density at radius 2 is 1.62 bits per heavy atom. The molecule has 2 aliphatic rings. The number of piperazine rings is 1. The van der Waals surface area contributed by atoms with E-state index in [-0.39, 0.29) is 5.82 Å². The Morgan fingerprint density at radius 1 is 0.976 bits per heavy atom. The molecule has 2 aliphatic heterocycles. The highest BCUT2D eigenvalue weighted by Crippen LogP contribution is 2.34. The first-order valence-electron chi connectivity index (χ1n) is 13.8. The summed E-state index contributed by atoms with van der Waals surface area (Å²) in [5.74, 6) is -2.22. The van der Waals surface area contributed by atoms with Gasteiger partial charge in [-0.15, -0.1) is 11.3 Å². The number of fused-ring (bicyclic) bond motifs is 1. The van der Waals surface area contributed by atoms with Crippen LogP contribution < -0.4 is 0 Å². The second-order valence-corrected chi connectivity index (χ2v) is 11.8. The minimum atomic E-state index is -5.08. The lowest BCUT2D eigenvalue weighted by atomic mass is 10.0. The number of halogens is 4. The van der Waals surface area contributed by atoms with Crippen LogP contribution in [0.5, 0.6) is 0 Å². The molecule has 4 aromatic rings. The predicted molar refractivity (Wildman–Crippen MR) is 156 cm³/mol. The molecule has 0 spiro atoms. The summed E-state index contributed by atoms with van der Waals surface area (Å²) in [5.41, 5.74) is 4.11. The molecule has 0 aliphatic carbocycles. The first-order valence-corrected chi connectivity index (χ1v) is 14.7. The SMILES string of the molecule is CN1CCC(N2CCN(Cc3ccc(-c4ccc(-c5nc6ccc(F)cc6[nH]5)s4)cc3)CC2)CC1.O=C(O)C(F)(F)F. The molecule has 2 aromatic carbocycles. The van der Waals surface area contributed by atoms with Crippen LogP contribution in [-0.4, -0.2) is 94.3 Å². The van der Waals surface area contributed by atoms with Crippen LogP contribution >= 0.6 is 11.3 Å². The van der Waals surface area contributed by atoms with Gasteiger partial charge >= 0.3 is 12.1 Å². The number of aromatic amines is 1. The van der Waals surface area contributed by atoms with Gasteiger partial charge in [-0.1, -0.05) is 24.3 Å². The molecule has 0 radical (unpaired) electrons. The number of hydrogen-bond acceptors (Lipinski definition) is 6. The summed E-state index contributed by atoms with van der Waals surface area (Å²) < 4.78 is 45.2. The third-order valence-corrected chi connectivity index (χ3v) is 8.92. The van der Waals surface area contributed by atoms with E-state index >= 15 is 0 Å². The fraction of sp³-hybridized carbons (Fsp3) is 0.400. The highest BCUT2D eigenvalue weighted by Gasteiger charge is 2.38. The Kier molecular flexibility index (Phi) is 9.26. The number of rotatable bonds is 5. The van der Waals surface area contributed by atoms with Crippen molar-refractivity contribution in [1.29, 1.82) is 0 Å². The molecular weight excluding hydrogens is 570 g/mol. The van der Waals surface area contributed by atoms with Crippen LogP contribution in [0.3, 0.4) is 0 Å². The zero-order valence-corrected chi connectivity index (χ0v) is 24.0. The van der Waals surface area contributed by atoms with Crippen molar-refractivity contribution in [3.63, 3.8) is 0 Å². The van der Waals surface area contributed by atoms with Crippen molar-refractivity contribution in [2.75, 3.05) is 46.3 Å². The number of likely N-dealkylation sites (tertiary alicyclic amines) is 1. The summed E-state index contributed by atoms with van der Waals surface area (Å²) in [6.45, 7) is 8.19. The van der Waals surface area contributed by atoms with Crippen molar-refractivity contribution < 1.29 is 27.5 Å². The van der Waals surface area contributed by atoms with Crippen LogP contribution in [-0.2, 0) is 11.3 Å². The number of imidazole rings is 1. The molecule has 0 bridgehead atoms. The maximum absolute atomic E-state index is 13.5. The molecule has 4 heterocycles. The summed E-state index contributed by atoms with van der Waals surface area (Å²) in [6.07, 6.45) is -2.45. The number of H-pyrrole nitrogens is 1. The second kappa shape index (κ2) is 12.9. The van der Waals surface area contributed by atoms with Gasteiger partial charge in [-0.05, 0) is 74.4 Å². The van der Waals surface area contributed by atoms with Gasteiger partial charge in [-0.3, -0.25) is 9.80 Å². The summed E-state index contributed by atoms with van der Waals surface area (Å²) in [7, 11) is 2.24. The van der Waals surface area contributed by atoms with E-state index in [1.54, 1.807) is 17.4 Å². The van der Waals surface area contributed by atoms with E-state index in [1.807, 2.05) is 0 Å². The molecule has 0 amide bonds. The van der Waals surface area contributed by atoms with Gasteiger partial charge < -0.3 is 15.0 Å². The number of nitrogens with zero attached hydrogens (tertiary/aromatic N) is 4. The molecule has 12 heteroatoms. The van der Waals surface area contributed by atoms with E-state index in [1.165, 1.54) is 67.2 Å². The van der Waals surface area contributed by atoms with Gasteiger partial charge in [0.1, 0.15) is 11.6 Å². The molecule has 2 aromatic heterocycles. The molecule has 42 heavy (non-hydrogen) atoms. The monoisotopic (exact) mass is 603 g/mol. The molecule has 0 saturated carbocycles. The zero-order chi connectivity index (χ0) is 29.9. The Balaban J connectivity index is 0.000000451. The van der Waals surface area contributed by atoms with Crippen molar-refractivity contribution in [2.24, 2.45) is 0 Å². The number of thiophene rings is 1. The molecule has 0 unspecified atom stereocenters. The lowest BCUT2D eigenvalue weighted by Crippen LogP contribution is -2.52. The Morgan fingerprint density at radius 3 is 2.26 bits per heavy atom. The largest absolute Gasteiger partial charge is 0.490 e. The van der Waals surface area contributed by atoms with E-state index in [0.29, 0.717) is 0 Å². The summed E-state index contributed by atoms with van der Waals surface area (Å²) in [5, 5.41) is 7.12. The fourth-order valence-corrected chi connectivity index (χ4v) is 6.35. The molecule has 0 atom stereocenters. The Bertz CT molecular complexity index is 1490. The minimum absolute atomic E-state index is 0.251. The lowest BCUT2D eigenvalue weighted by Gasteiger charge is -2.42. The third kappa shape index (κ3) is 7.54. The highest BCUT2D eigenvalue weighted by molar-refractivity contribution is 7.18. The fourth-order valence-electron chi connectivity index (χ4n) is 5.40. The van der Waals surface area contributed by atoms with Crippen molar-refractivity contribution >= 4 is 28.3 Å². The van der Waals surface area contributed by atoms with Gasteiger partial charge in [0.15, 0.2) is 0 Å². The Labute approximate surface area is 245 Å². The number of benzene rings is 2. The number of carboxylic acid groups (broad SMARTS) is 1. The van der Waals surface area contributed by atoms with Crippen LogP contribution in [0.15, 0.2) is 54.6 Å². The minimum Gasteiger partial charge on any atom is -0.475 e.